The zero-order valence-electron chi connectivity index (χ0n) is 27.0. The van der Waals surface area contributed by atoms with E-state index in [0.717, 1.165) is 32.1 Å². The van der Waals surface area contributed by atoms with Crippen molar-refractivity contribution in [2.45, 2.75) is 132 Å². The highest BCUT2D eigenvalue weighted by Crippen LogP contribution is 2.75. The number of hydrogen-bond donors (Lipinski definition) is 4. The fraction of sp³-hybridized carbons (Fsp3) is 0.857. The Balaban J connectivity index is 1.63. The summed E-state index contributed by atoms with van der Waals surface area (Å²) in [7, 11) is 0. The van der Waals surface area contributed by atoms with Crippen molar-refractivity contribution in [3.8, 4) is 0 Å². The van der Waals surface area contributed by atoms with Gasteiger partial charge >= 0.3 is 5.97 Å². The average molecular weight is 573 g/mol. The van der Waals surface area contributed by atoms with Crippen LogP contribution in [-0.2, 0) is 9.53 Å². The Morgan fingerprint density at radius 3 is 2.24 bits per heavy atom. The lowest BCUT2D eigenvalue weighted by atomic mass is 9.33. The first-order chi connectivity index (χ1) is 18.9. The summed E-state index contributed by atoms with van der Waals surface area (Å²) >= 11 is 0. The summed E-state index contributed by atoms with van der Waals surface area (Å²) < 4.78 is 6.06. The summed E-state index contributed by atoms with van der Waals surface area (Å²) in [5.74, 6) is 0.106. The molecule has 5 rings (SSSR count). The van der Waals surface area contributed by atoms with Crippen LogP contribution in [0.3, 0.4) is 0 Å². The zero-order chi connectivity index (χ0) is 30.6. The maximum Gasteiger partial charge on any atom is 0.333 e. The molecule has 4 fully saturated rings. The Hall–Kier alpha value is -1.21. The van der Waals surface area contributed by atoms with E-state index in [-0.39, 0.29) is 40.3 Å². The monoisotopic (exact) mass is 572 g/mol. The number of ether oxygens (including phenoxy) is 1. The van der Waals surface area contributed by atoms with Gasteiger partial charge in [0.05, 0.1) is 30.3 Å². The van der Waals surface area contributed by atoms with E-state index in [1.807, 2.05) is 13.8 Å². The third-order valence-corrected chi connectivity index (χ3v) is 14.4. The molecule has 4 saturated carbocycles. The van der Waals surface area contributed by atoms with Crippen molar-refractivity contribution in [3.05, 3.63) is 23.3 Å². The van der Waals surface area contributed by atoms with Gasteiger partial charge in [0.1, 0.15) is 6.10 Å². The predicted octanol–water partition coefficient (Wildman–Crippen LogP) is 5.57. The van der Waals surface area contributed by atoms with Gasteiger partial charge in [-0.1, -0.05) is 66.2 Å². The molecular weight excluding hydrogens is 516 g/mol. The minimum atomic E-state index is -1.18. The molecule has 41 heavy (non-hydrogen) atoms. The Bertz CT molecular complexity index is 1140. The minimum absolute atomic E-state index is 0.0722. The van der Waals surface area contributed by atoms with Crippen LogP contribution in [0.5, 0.6) is 0 Å². The molecule has 0 radical (unpaired) electrons. The van der Waals surface area contributed by atoms with Crippen molar-refractivity contribution in [3.63, 3.8) is 0 Å². The smallest absolute Gasteiger partial charge is 0.333 e. The van der Waals surface area contributed by atoms with Gasteiger partial charge in [-0.15, -0.1) is 0 Å². The minimum Gasteiger partial charge on any atom is -0.455 e. The van der Waals surface area contributed by atoms with E-state index in [0.29, 0.717) is 30.3 Å². The van der Waals surface area contributed by atoms with Gasteiger partial charge in [0.15, 0.2) is 0 Å². The van der Waals surface area contributed by atoms with Gasteiger partial charge in [0.2, 0.25) is 0 Å². The van der Waals surface area contributed by atoms with Gasteiger partial charge in [-0.05, 0) is 104 Å². The first-order valence-electron chi connectivity index (χ1n) is 16.1. The number of rotatable bonds is 3. The fourth-order valence-electron chi connectivity index (χ4n) is 11.4. The summed E-state index contributed by atoms with van der Waals surface area (Å²) in [6, 6.07) is 0. The molecule has 4 N–H and O–H groups in total. The second-order valence-electron chi connectivity index (χ2n) is 16.6. The van der Waals surface area contributed by atoms with Crippen molar-refractivity contribution in [1.82, 2.24) is 0 Å². The molecule has 0 amide bonds. The highest BCUT2D eigenvalue weighted by molar-refractivity contribution is 5.87. The Morgan fingerprint density at radius 1 is 0.976 bits per heavy atom. The molecule has 6 heteroatoms. The zero-order valence-corrected chi connectivity index (χ0v) is 27.0. The summed E-state index contributed by atoms with van der Waals surface area (Å²) in [6.07, 6.45) is 6.74. The molecule has 5 aliphatic rings. The summed E-state index contributed by atoms with van der Waals surface area (Å²) in [5, 5.41) is 46.0. The van der Waals surface area contributed by atoms with Gasteiger partial charge in [-0.25, -0.2) is 4.79 Å². The number of carbonyl (C=O) groups is 1. The molecule has 232 valence electrons. The van der Waals surface area contributed by atoms with Gasteiger partial charge in [-0.2, -0.15) is 0 Å². The van der Waals surface area contributed by atoms with Crippen LogP contribution < -0.4 is 0 Å². The highest BCUT2D eigenvalue weighted by atomic mass is 16.6. The van der Waals surface area contributed by atoms with Crippen molar-refractivity contribution in [2.75, 3.05) is 6.61 Å². The lowest BCUT2D eigenvalue weighted by molar-refractivity contribution is -0.262. The number of aliphatic hydroxyl groups excluding tert-OH is 4. The maximum absolute atomic E-state index is 13.1. The number of hydrogen-bond acceptors (Lipinski definition) is 6. The van der Waals surface area contributed by atoms with Crippen LogP contribution in [0.2, 0.25) is 0 Å². The van der Waals surface area contributed by atoms with Crippen LogP contribution in [0.25, 0.3) is 0 Å². The van der Waals surface area contributed by atoms with Crippen molar-refractivity contribution >= 4 is 5.97 Å². The largest absolute Gasteiger partial charge is 0.455 e. The molecule has 11 atom stereocenters. The van der Waals surface area contributed by atoms with Crippen molar-refractivity contribution in [1.29, 1.82) is 0 Å². The normalized spacial score (nSPS) is 50.4. The third-order valence-electron chi connectivity index (χ3n) is 14.4. The van der Waals surface area contributed by atoms with Gasteiger partial charge in [0, 0.05) is 5.57 Å². The molecule has 6 nitrogen and oxygen atoms in total. The van der Waals surface area contributed by atoms with Crippen molar-refractivity contribution < 1.29 is 30.0 Å². The standard InChI is InChI=1S/C35H56O6/c1-10-20(2)29(40)41-28-27(39)30(3,4)17-22-21-11-12-24-32(7)15-14-25(37)31(5,6)23(32)13-16-33(24,8)34(21,9)18-26(38)35(22,28)19-36/h10-11,22-28,36-39H,12-19H2,1-9H3. The van der Waals surface area contributed by atoms with Crippen LogP contribution >= 0.6 is 0 Å². The van der Waals surface area contributed by atoms with E-state index in [4.69, 9.17) is 4.74 Å². The summed E-state index contributed by atoms with van der Waals surface area (Å²) in [5.41, 5.74) is -0.470. The van der Waals surface area contributed by atoms with Crippen LogP contribution in [-0.4, -0.2) is 57.4 Å². The van der Waals surface area contributed by atoms with Gasteiger partial charge in [-0.3, -0.25) is 0 Å². The lowest BCUT2D eigenvalue weighted by Gasteiger charge is -2.72. The molecule has 0 bridgehead atoms. The highest BCUT2D eigenvalue weighted by Gasteiger charge is 2.72. The average Bonchev–Trinajstić information content (AvgIpc) is 2.89. The number of aliphatic hydroxyl groups is 4. The Kier molecular flexibility index (Phi) is 7.34. The topological polar surface area (TPSA) is 107 Å². The first kappa shape index (κ1) is 31.2. The maximum atomic E-state index is 13.1. The Labute approximate surface area is 247 Å². The SMILES string of the molecule is CC=C(C)C(=O)OC1C(O)C(C)(C)CC2C3=CCC4C5(C)CCC(O)C(C)(C)C5CCC4(C)C3(C)CC(O)C21CO. The predicted molar refractivity (Wildman–Crippen MR) is 160 cm³/mol. The number of allylic oxidation sites excluding steroid dienone is 3. The molecule has 5 aliphatic carbocycles. The summed E-state index contributed by atoms with van der Waals surface area (Å²) in [6.45, 7) is 18.9. The number of fused-ring (bicyclic) bond motifs is 7. The molecule has 0 spiro atoms. The van der Waals surface area contributed by atoms with Crippen LogP contribution in [0.15, 0.2) is 23.3 Å². The molecule has 0 aromatic carbocycles. The third kappa shape index (κ3) is 3.92. The molecule has 11 unspecified atom stereocenters. The first-order valence-corrected chi connectivity index (χ1v) is 16.1. The molecule has 0 saturated heterocycles. The summed E-state index contributed by atoms with van der Waals surface area (Å²) in [4.78, 5) is 13.1. The molecule has 0 aliphatic heterocycles. The van der Waals surface area contributed by atoms with Crippen LogP contribution in [0.1, 0.15) is 107 Å². The molecule has 0 aromatic heterocycles. The van der Waals surface area contributed by atoms with E-state index in [1.54, 1.807) is 19.9 Å². The second kappa shape index (κ2) is 9.64. The fourth-order valence-corrected chi connectivity index (χ4v) is 11.4. The van der Waals surface area contributed by atoms with Gasteiger partial charge in [0.25, 0.3) is 0 Å². The number of esters is 1. The Morgan fingerprint density at radius 2 is 1.63 bits per heavy atom. The van der Waals surface area contributed by atoms with E-state index < -0.39 is 35.1 Å². The second-order valence-corrected chi connectivity index (χ2v) is 16.6. The lowest BCUT2D eigenvalue weighted by Crippen LogP contribution is -2.72. The molecule has 0 heterocycles. The number of carbonyl (C=O) groups excluding carboxylic acids is 1. The van der Waals surface area contributed by atoms with E-state index >= 15 is 0 Å². The van der Waals surface area contributed by atoms with Crippen LogP contribution in [0.4, 0.5) is 0 Å². The molecular formula is C35H56O6. The van der Waals surface area contributed by atoms with Gasteiger partial charge < -0.3 is 25.2 Å². The van der Waals surface area contributed by atoms with E-state index in [9.17, 15) is 25.2 Å². The quantitative estimate of drug-likeness (QED) is 0.200. The molecule has 0 aromatic rings. The van der Waals surface area contributed by atoms with Crippen LogP contribution in [0, 0.1) is 50.2 Å². The van der Waals surface area contributed by atoms with E-state index in [1.165, 1.54) is 5.57 Å². The van der Waals surface area contributed by atoms with E-state index in [2.05, 4.69) is 40.7 Å². The van der Waals surface area contributed by atoms with Crippen molar-refractivity contribution in [2.24, 2.45) is 50.2 Å².